The first-order valence-electron chi connectivity index (χ1n) is 2.24. The summed E-state index contributed by atoms with van der Waals surface area (Å²) < 4.78 is 35.7. The Bertz CT molecular complexity index is 286. The largest absolute Gasteiger partial charge is 2.00 e. The number of hydrogen-bond acceptors (Lipinski definition) is 7. The van der Waals surface area contributed by atoms with Gasteiger partial charge in [0.1, 0.15) is 0 Å². The Hall–Kier alpha value is 2.07. The maximum atomic E-state index is 10.3. The van der Waals surface area contributed by atoms with Crippen molar-refractivity contribution in [2.75, 3.05) is 0 Å². The van der Waals surface area contributed by atoms with Crippen LogP contribution >= 0.6 is 23.5 Å². The van der Waals surface area contributed by atoms with Gasteiger partial charge in [-0.05, 0) is 0 Å². The first-order chi connectivity index (χ1) is 5.41. The van der Waals surface area contributed by atoms with Gasteiger partial charge in [0.05, 0.1) is 7.82 Å². The summed E-state index contributed by atoms with van der Waals surface area (Å²) in [5, 5.41) is 0. The molecule has 96 valence electrons. The Morgan fingerprint density at radius 2 is 1.19 bits per heavy atom. The molecule has 0 rings (SSSR count). The van der Waals surface area contributed by atoms with Gasteiger partial charge in [-0.1, -0.05) is 0 Å². The predicted octanol–water partition coefficient (Wildman–Crippen LogP) is -1.97. The molecule has 16 heteroatoms. The molecule has 0 aliphatic heterocycles. The molecule has 0 radical (unpaired) electrons. The van der Waals surface area contributed by atoms with Gasteiger partial charge in [0, 0.05) is 34.1 Å². The normalized spacial score (nSPS) is 14.8. The summed E-state index contributed by atoms with van der Waals surface area (Å²) in [6.07, 6.45) is 0. The number of phosphoric acid groups is 3. The van der Waals surface area contributed by atoms with Gasteiger partial charge in [0.15, 0.2) is 0 Å². The van der Waals surface area contributed by atoms with Gasteiger partial charge in [-0.25, -0.2) is 9.13 Å². The topological polar surface area (TPSA) is 176 Å². The molecule has 16 heavy (non-hydrogen) atoms. The Morgan fingerprint density at radius 1 is 0.875 bits per heavy atom. The molecule has 1 unspecified atom stereocenters. The van der Waals surface area contributed by atoms with Gasteiger partial charge in [0.25, 0.3) is 0 Å². The third-order valence-electron chi connectivity index (χ3n) is 0.413. The summed E-state index contributed by atoms with van der Waals surface area (Å²) in [5.41, 5.74) is 0. The predicted molar refractivity (Wildman–Crippen MR) is 31.6 cm³/mol. The van der Waals surface area contributed by atoms with Crippen molar-refractivity contribution < 1.29 is 100 Å². The molecule has 0 saturated carbocycles. The molecule has 0 fully saturated rings. The molecule has 1 atom stereocenters. The number of hydrogen-bond donors (Lipinski definition) is 3. The van der Waals surface area contributed by atoms with E-state index >= 15 is 0 Å². The second-order valence-corrected chi connectivity index (χ2v) is 5.69. The second kappa shape index (κ2) is 9.05. The van der Waals surface area contributed by atoms with Crippen LogP contribution in [-0.4, -0.2) is 14.7 Å². The molecule has 3 N–H and O–H groups in total. The Balaban J connectivity index is -0.000000240. The van der Waals surface area contributed by atoms with E-state index in [1.807, 2.05) is 0 Å². The molecule has 0 bridgehead atoms. The first kappa shape index (κ1) is 26.6. The zero-order valence-corrected chi connectivity index (χ0v) is 14.8. The van der Waals surface area contributed by atoms with Crippen molar-refractivity contribution in [2.24, 2.45) is 0 Å². The quantitative estimate of drug-likeness (QED) is 0.333. The third kappa shape index (κ3) is 18.4. The second-order valence-electron chi connectivity index (χ2n) is 1.57. The van der Waals surface area contributed by atoms with Crippen LogP contribution in [0.2, 0.25) is 0 Å². The molecule has 0 heterocycles. The minimum atomic E-state index is -5.85. The van der Waals surface area contributed by atoms with E-state index in [0.717, 1.165) is 0 Å². The van der Waals surface area contributed by atoms with E-state index in [1.54, 1.807) is 0 Å². The Labute approximate surface area is 123 Å². The minimum absolute atomic E-state index is 0. The molecule has 0 aliphatic rings. The van der Waals surface area contributed by atoms with Gasteiger partial charge in [-0.15, -0.1) is 0 Å². The molecule has 0 aliphatic carbocycles. The molecule has 0 aromatic rings. The Kier molecular flexibility index (Phi) is 15.0. The molecule has 0 aromatic carbocycles. The van der Waals surface area contributed by atoms with E-state index < -0.39 is 23.5 Å². The average molecular weight is 433 g/mol. The van der Waals surface area contributed by atoms with Crippen molar-refractivity contribution in [1.29, 1.82) is 0 Å². The monoisotopic (exact) mass is 432 g/mol. The fourth-order valence-electron chi connectivity index (χ4n) is 0.276. The summed E-state index contributed by atoms with van der Waals surface area (Å²) in [5.74, 6) is 0. The van der Waals surface area contributed by atoms with E-state index in [9.17, 15) is 23.5 Å². The standard InChI is InChI=1S/2Fe.H5O10P3.Zn/c;;1-11(2,3)9-13(7,8)10-12(4,5)6;/h;;(H,7,8)(H2,1,2,3)(H2,4,5,6);/q;;;+2/p-2. The van der Waals surface area contributed by atoms with Crippen LogP contribution < -0.4 is 9.79 Å². The molecular weight excluding hydrogens is 430 g/mol. The first-order valence-corrected chi connectivity index (χ1v) is 6.73. The van der Waals surface area contributed by atoms with Crippen molar-refractivity contribution in [2.45, 2.75) is 0 Å². The maximum absolute atomic E-state index is 10.3. The van der Waals surface area contributed by atoms with Crippen LogP contribution in [0.3, 0.4) is 0 Å². The molecule has 0 spiro atoms. The van der Waals surface area contributed by atoms with Crippen LogP contribution in [0, 0.1) is 0 Å². The third-order valence-corrected chi connectivity index (χ3v) is 3.71. The van der Waals surface area contributed by atoms with E-state index in [1.165, 1.54) is 0 Å². The van der Waals surface area contributed by atoms with Gasteiger partial charge < -0.3 is 29.0 Å². The van der Waals surface area contributed by atoms with Crippen LogP contribution in [0.25, 0.3) is 0 Å². The molecule has 10 nitrogen and oxygen atoms in total. The Morgan fingerprint density at radius 3 is 1.38 bits per heavy atom. The van der Waals surface area contributed by atoms with Crippen molar-refractivity contribution in [3.63, 3.8) is 0 Å². The summed E-state index contributed by atoms with van der Waals surface area (Å²) in [4.78, 5) is 43.5. The zero-order chi connectivity index (χ0) is 10.9. The van der Waals surface area contributed by atoms with Gasteiger partial charge in [-0.2, -0.15) is 4.31 Å². The van der Waals surface area contributed by atoms with Crippen molar-refractivity contribution in [3.05, 3.63) is 0 Å². The van der Waals surface area contributed by atoms with E-state index in [-0.39, 0.29) is 53.6 Å². The molecule has 0 amide bonds. The molecular formula is H3Fe2O10P3Zn. The van der Waals surface area contributed by atoms with Crippen molar-refractivity contribution >= 4 is 23.5 Å². The summed E-state index contributed by atoms with van der Waals surface area (Å²) in [6, 6.07) is 0. The molecule has 0 saturated heterocycles. The van der Waals surface area contributed by atoms with Crippen LogP contribution in [0.5, 0.6) is 0 Å². The SMILES string of the molecule is O=P([O-])([O-])OP(=O)(O)OP(=O)(O)O.[Fe].[Fe].[Zn+2]. The van der Waals surface area contributed by atoms with Crippen molar-refractivity contribution in [3.8, 4) is 0 Å². The summed E-state index contributed by atoms with van der Waals surface area (Å²) >= 11 is 0. The van der Waals surface area contributed by atoms with Crippen LogP contribution in [0.4, 0.5) is 0 Å². The van der Waals surface area contributed by atoms with Crippen LogP contribution in [-0.2, 0) is 75.9 Å². The van der Waals surface area contributed by atoms with Crippen LogP contribution in [0.15, 0.2) is 0 Å². The van der Waals surface area contributed by atoms with E-state index in [0.29, 0.717) is 0 Å². The summed E-state index contributed by atoms with van der Waals surface area (Å²) in [6.45, 7) is 0. The van der Waals surface area contributed by atoms with E-state index in [2.05, 4.69) is 8.62 Å². The van der Waals surface area contributed by atoms with Gasteiger partial charge >= 0.3 is 35.1 Å². The fourth-order valence-corrected chi connectivity index (χ4v) is 2.75. The minimum Gasteiger partial charge on any atom is -0.789 e. The van der Waals surface area contributed by atoms with Gasteiger partial charge in [-0.3, -0.25) is 4.31 Å². The maximum Gasteiger partial charge on any atom is 2.00 e. The van der Waals surface area contributed by atoms with Crippen LogP contribution in [0.1, 0.15) is 0 Å². The van der Waals surface area contributed by atoms with E-state index in [4.69, 9.17) is 14.7 Å². The summed E-state index contributed by atoms with van der Waals surface area (Å²) in [7, 11) is -16.9. The fraction of sp³-hybridized carbons (Fsp3) is 0. The zero-order valence-electron chi connectivity index (χ0n) is 6.96. The number of rotatable bonds is 4. The van der Waals surface area contributed by atoms with Gasteiger partial charge in [0.2, 0.25) is 0 Å². The average Bonchev–Trinajstić information content (AvgIpc) is 1.43. The smallest absolute Gasteiger partial charge is 0.789 e. The molecule has 0 aromatic heterocycles. The van der Waals surface area contributed by atoms with Crippen molar-refractivity contribution in [1.82, 2.24) is 0 Å².